The van der Waals surface area contributed by atoms with Crippen LogP contribution in [0.4, 0.5) is 10.5 Å². The van der Waals surface area contributed by atoms with Crippen LogP contribution in [0.5, 0.6) is 0 Å². The molecule has 7 nitrogen and oxygen atoms in total. The van der Waals surface area contributed by atoms with Crippen molar-refractivity contribution in [3.05, 3.63) is 60.2 Å². The number of nitrogens with zero attached hydrogens (tertiary/aromatic N) is 1. The molecule has 0 aromatic heterocycles. The van der Waals surface area contributed by atoms with E-state index in [1.54, 1.807) is 0 Å². The number of anilines is 1. The molecule has 0 heterocycles. The summed E-state index contributed by atoms with van der Waals surface area (Å²) < 4.78 is 23.0. The molecule has 0 radical (unpaired) electrons. The van der Waals surface area contributed by atoms with Gasteiger partial charge in [0.15, 0.2) is 9.84 Å². The van der Waals surface area contributed by atoms with Crippen molar-refractivity contribution in [2.45, 2.75) is 11.0 Å². The first kappa shape index (κ1) is 21.9. The molecule has 2 aromatic carbocycles. The number of sulfone groups is 1. The lowest BCUT2D eigenvalue weighted by Crippen LogP contribution is -2.39. The molecule has 0 bridgehead atoms. The molecule has 0 aliphatic heterocycles. The lowest BCUT2D eigenvalue weighted by Gasteiger charge is -2.26. The number of benzene rings is 2. The maximum Gasteiger partial charge on any atom is 0.319 e. The number of amides is 2. The normalized spacial score (nSPS) is 13.8. The zero-order valence-corrected chi connectivity index (χ0v) is 17.1. The molecule has 8 heteroatoms. The smallest absolute Gasteiger partial charge is 0.319 e. The van der Waals surface area contributed by atoms with Crippen LogP contribution in [-0.4, -0.2) is 57.9 Å². The number of urea groups is 1. The van der Waals surface area contributed by atoms with Crippen molar-refractivity contribution < 1.29 is 18.3 Å². The van der Waals surface area contributed by atoms with Gasteiger partial charge in [0.2, 0.25) is 0 Å². The zero-order valence-electron chi connectivity index (χ0n) is 16.3. The third kappa shape index (κ3) is 6.63. The molecule has 3 N–H and O–H groups in total. The van der Waals surface area contributed by atoms with Crippen LogP contribution in [0.15, 0.2) is 59.5 Å². The lowest BCUT2D eigenvalue weighted by atomic mass is 9.95. The quantitative estimate of drug-likeness (QED) is 0.625. The molecule has 0 fully saturated rings. The summed E-state index contributed by atoms with van der Waals surface area (Å²) in [6, 6.07) is 14.9. The molecular weight excluding hydrogens is 378 g/mol. The topological polar surface area (TPSA) is 98.7 Å². The number of nitrogens with one attached hydrogen (secondary N) is 2. The van der Waals surface area contributed by atoms with Crippen LogP contribution in [-0.2, 0) is 9.84 Å². The average Bonchev–Trinajstić information content (AvgIpc) is 2.64. The predicted octanol–water partition coefficient (Wildman–Crippen LogP) is 2.12. The highest BCUT2D eigenvalue weighted by Crippen LogP contribution is 2.22. The number of aliphatic hydroxyl groups excluding tert-OH is 1. The monoisotopic (exact) mass is 405 g/mol. The van der Waals surface area contributed by atoms with Crippen LogP contribution < -0.4 is 10.6 Å². The summed E-state index contributed by atoms with van der Waals surface area (Å²) in [6.07, 6.45) is 0.420. The summed E-state index contributed by atoms with van der Waals surface area (Å²) in [5, 5.41) is 16.1. The highest BCUT2D eigenvalue weighted by molar-refractivity contribution is 7.90. The van der Waals surface area contributed by atoms with Crippen LogP contribution in [0, 0.1) is 5.92 Å². The van der Waals surface area contributed by atoms with Gasteiger partial charge in [-0.25, -0.2) is 13.2 Å². The molecule has 2 aromatic rings. The maximum absolute atomic E-state index is 12.2. The highest BCUT2D eigenvalue weighted by atomic mass is 32.2. The molecule has 0 aliphatic rings. The Morgan fingerprint density at radius 3 is 2.21 bits per heavy atom. The SMILES string of the molecule is CN(C)C[C@H](CNC(=O)Nc1ccc(S(C)(=O)=O)cc1)[C@H](O)c1ccccc1. The Balaban J connectivity index is 1.97. The highest BCUT2D eigenvalue weighted by Gasteiger charge is 2.22. The third-order valence-electron chi connectivity index (χ3n) is 4.25. The minimum Gasteiger partial charge on any atom is -0.388 e. The Morgan fingerprint density at radius 2 is 1.68 bits per heavy atom. The van der Waals surface area contributed by atoms with Crippen molar-refractivity contribution >= 4 is 21.6 Å². The Bertz CT molecular complexity index is 868. The standard InChI is InChI=1S/C20H27N3O4S/c1-23(2)14-16(19(24)15-7-5-4-6-8-15)13-21-20(25)22-17-9-11-18(12-10-17)28(3,26)27/h4-12,16,19,24H,13-14H2,1-3H3,(H2,21,22,25)/t16-,19+/m0/s1. The second-order valence-electron chi connectivity index (χ2n) is 7.01. The van der Waals surface area contributed by atoms with Crippen molar-refractivity contribution in [2.75, 3.05) is 38.8 Å². The molecule has 0 aliphatic carbocycles. The number of aliphatic hydroxyl groups is 1. The number of carbonyl (C=O) groups is 1. The maximum atomic E-state index is 12.2. The van der Waals surface area contributed by atoms with Crippen LogP contribution in [0.1, 0.15) is 11.7 Å². The fourth-order valence-corrected chi connectivity index (χ4v) is 3.48. The minimum atomic E-state index is -3.28. The molecule has 0 unspecified atom stereocenters. The first-order chi connectivity index (χ1) is 13.2. The average molecular weight is 406 g/mol. The van der Waals surface area contributed by atoms with Crippen LogP contribution in [0.2, 0.25) is 0 Å². The van der Waals surface area contributed by atoms with Gasteiger partial charge in [-0.15, -0.1) is 0 Å². The summed E-state index contributed by atoms with van der Waals surface area (Å²) in [5.41, 5.74) is 1.28. The molecule has 0 spiro atoms. The van der Waals surface area contributed by atoms with E-state index in [-0.39, 0.29) is 17.4 Å². The summed E-state index contributed by atoms with van der Waals surface area (Å²) in [5.74, 6) is -0.198. The van der Waals surface area contributed by atoms with E-state index in [0.29, 0.717) is 12.2 Å². The molecule has 2 amide bonds. The molecular formula is C20H27N3O4S. The van der Waals surface area contributed by atoms with Crippen LogP contribution >= 0.6 is 0 Å². The van der Waals surface area contributed by atoms with Gasteiger partial charge in [0, 0.05) is 31.0 Å². The van der Waals surface area contributed by atoms with Gasteiger partial charge in [-0.2, -0.15) is 0 Å². The summed E-state index contributed by atoms with van der Waals surface area (Å²) in [6.45, 7) is 0.876. The largest absolute Gasteiger partial charge is 0.388 e. The molecule has 2 rings (SSSR count). The zero-order chi connectivity index (χ0) is 20.7. The Morgan fingerprint density at radius 1 is 1.07 bits per heavy atom. The number of rotatable bonds is 8. The van der Waals surface area contributed by atoms with Gasteiger partial charge in [-0.05, 0) is 43.9 Å². The molecule has 0 saturated heterocycles. The second-order valence-corrected chi connectivity index (χ2v) is 9.03. The van der Waals surface area contributed by atoms with Crippen molar-refractivity contribution in [2.24, 2.45) is 5.92 Å². The summed E-state index contributed by atoms with van der Waals surface area (Å²) in [7, 11) is 0.544. The van der Waals surface area contributed by atoms with Crippen molar-refractivity contribution in [1.82, 2.24) is 10.2 Å². The van der Waals surface area contributed by atoms with E-state index in [0.717, 1.165) is 11.8 Å². The molecule has 2 atom stereocenters. The Labute approximate surface area is 166 Å². The van der Waals surface area contributed by atoms with Gasteiger partial charge in [-0.3, -0.25) is 0 Å². The molecule has 152 valence electrons. The van der Waals surface area contributed by atoms with E-state index in [9.17, 15) is 18.3 Å². The first-order valence-corrected chi connectivity index (χ1v) is 10.8. The Kier molecular flexibility index (Phi) is 7.56. The minimum absolute atomic E-state index is 0.190. The number of carbonyl (C=O) groups excluding carboxylic acids is 1. The fourth-order valence-electron chi connectivity index (χ4n) is 2.85. The van der Waals surface area contributed by atoms with E-state index in [4.69, 9.17) is 0 Å². The third-order valence-corrected chi connectivity index (χ3v) is 5.38. The van der Waals surface area contributed by atoms with Gasteiger partial charge < -0.3 is 20.6 Å². The lowest BCUT2D eigenvalue weighted by molar-refractivity contribution is 0.0911. The van der Waals surface area contributed by atoms with Gasteiger partial charge in [0.25, 0.3) is 0 Å². The van der Waals surface area contributed by atoms with E-state index in [1.165, 1.54) is 24.3 Å². The fraction of sp³-hybridized carbons (Fsp3) is 0.350. The van der Waals surface area contributed by atoms with E-state index in [1.807, 2.05) is 49.3 Å². The summed E-state index contributed by atoms with van der Waals surface area (Å²) in [4.78, 5) is 14.4. The van der Waals surface area contributed by atoms with Crippen molar-refractivity contribution in [3.63, 3.8) is 0 Å². The number of hydrogen-bond donors (Lipinski definition) is 3. The van der Waals surface area contributed by atoms with Gasteiger partial charge >= 0.3 is 6.03 Å². The second kappa shape index (κ2) is 9.68. The van der Waals surface area contributed by atoms with Gasteiger partial charge in [-0.1, -0.05) is 30.3 Å². The van der Waals surface area contributed by atoms with E-state index >= 15 is 0 Å². The van der Waals surface area contributed by atoms with E-state index < -0.39 is 22.0 Å². The van der Waals surface area contributed by atoms with Crippen molar-refractivity contribution in [3.8, 4) is 0 Å². The Hall–Kier alpha value is -2.42. The molecule has 0 saturated carbocycles. The van der Waals surface area contributed by atoms with Gasteiger partial charge in [0.1, 0.15) is 0 Å². The van der Waals surface area contributed by atoms with Crippen LogP contribution in [0.3, 0.4) is 0 Å². The number of hydrogen-bond acceptors (Lipinski definition) is 5. The van der Waals surface area contributed by atoms with Crippen LogP contribution in [0.25, 0.3) is 0 Å². The van der Waals surface area contributed by atoms with Crippen molar-refractivity contribution in [1.29, 1.82) is 0 Å². The summed E-state index contributed by atoms with van der Waals surface area (Å²) >= 11 is 0. The van der Waals surface area contributed by atoms with E-state index in [2.05, 4.69) is 10.6 Å². The van der Waals surface area contributed by atoms with Gasteiger partial charge in [0.05, 0.1) is 11.0 Å². The molecule has 28 heavy (non-hydrogen) atoms. The first-order valence-electron chi connectivity index (χ1n) is 8.89. The predicted molar refractivity (Wildman–Crippen MR) is 110 cm³/mol.